The van der Waals surface area contributed by atoms with E-state index in [1.54, 1.807) is 0 Å². The fourth-order valence-electron chi connectivity index (χ4n) is 1.61. The molecule has 1 aromatic rings. The van der Waals surface area contributed by atoms with Crippen LogP contribution in [0.5, 0.6) is 0 Å². The van der Waals surface area contributed by atoms with E-state index in [9.17, 15) is 4.79 Å². The van der Waals surface area contributed by atoms with Gasteiger partial charge in [-0.05, 0) is 24.1 Å². The third-order valence-corrected chi connectivity index (χ3v) is 3.15. The van der Waals surface area contributed by atoms with Gasteiger partial charge < -0.3 is 5.32 Å². The molecule has 2 rings (SSSR count). The highest BCUT2D eigenvalue weighted by Gasteiger charge is 2.16. The Balaban J connectivity index is 2.47. The lowest BCUT2D eigenvalue weighted by Crippen LogP contribution is -2.01. The zero-order valence-electron chi connectivity index (χ0n) is 7.44. The van der Waals surface area contributed by atoms with Gasteiger partial charge in [0.15, 0.2) is 5.78 Å². The first-order chi connectivity index (χ1) is 6.72. The molecule has 0 radical (unpaired) electrons. The van der Waals surface area contributed by atoms with Gasteiger partial charge >= 0.3 is 0 Å². The van der Waals surface area contributed by atoms with Gasteiger partial charge in [-0.2, -0.15) is 0 Å². The minimum Gasteiger partial charge on any atom is -0.384 e. The molecule has 74 valence electrons. The lowest BCUT2D eigenvalue weighted by atomic mass is 10.1. The maximum atomic E-state index is 11.5. The number of carbonyl (C=O) groups is 1. The van der Waals surface area contributed by atoms with Crippen LogP contribution in [0, 0.1) is 0 Å². The molecule has 1 N–H and O–H groups in total. The summed E-state index contributed by atoms with van der Waals surface area (Å²) in [5, 5.41) is 4.07. The Kier molecular flexibility index (Phi) is 2.79. The summed E-state index contributed by atoms with van der Waals surface area (Å²) in [5.41, 5.74) is 2.85. The summed E-state index contributed by atoms with van der Waals surface area (Å²) in [7, 11) is 0. The van der Waals surface area contributed by atoms with Crippen molar-refractivity contribution in [3.05, 3.63) is 28.3 Å². The van der Waals surface area contributed by atoms with Crippen molar-refractivity contribution < 1.29 is 4.79 Å². The van der Waals surface area contributed by atoms with Gasteiger partial charge in [-0.3, -0.25) is 4.79 Å². The van der Waals surface area contributed by atoms with Crippen LogP contribution in [-0.4, -0.2) is 17.7 Å². The summed E-state index contributed by atoms with van der Waals surface area (Å²) < 4.78 is 0. The van der Waals surface area contributed by atoms with Gasteiger partial charge in [0.2, 0.25) is 0 Å². The van der Waals surface area contributed by atoms with Gasteiger partial charge in [-0.1, -0.05) is 27.5 Å². The van der Waals surface area contributed by atoms with E-state index < -0.39 is 0 Å². The Bertz CT molecular complexity index is 392. The van der Waals surface area contributed by atoms with Crippen LogP contribution in [0.1, 0.15) is 15.9 Å². The van der Waals surface area contributed by atoms with Gasteiger partial charge in [-0.15, -0.1) is 0 Å². The van der Waals surface area contributed by atoms with E-state index in [0.717, 1.165) is 18.7 Å². The summed E-state index contributed by atoms with van der Waals surface area (Å²) in [5.74, 6) is 0.0321. The number of anilines is 1. The summed E-state index contributed by atoms with van der Waals surface area (Å²) >= 11 is 9.14. The zero-order chi connectivity index (χ0) is 10.1. The lowest BCUT2D eigenvalue weighted by molar-refractivity contribution is 0.102. The number of nitrogens with one attached hydrogen (secondary N) is 1. The number of Topliss-reactive ketones (excluding diaryl/α,β-unsaturated/α-hetero) is 1. The molecule has 0 atom stereocenters. The van der Waals surface area contributed by atoms with Crippen LogP contribution in [-0.2, 0) is 6.42 Å². The molecular formula is C10H9BrClNO. The fourth-order valence-corrected chi connectivity index (χ4v) is 2.18. The largest absolute Gasteiger partial charge is 0.384 e. The third kappa shape index (κ3) is 1.66. The molecule has 0 saturated heterocycles. The number of halogens is 2. The van der Waals surface area contributed by atoms with Crippen LogP contribution in [0.15, 0.2) is 12.1 Å². The maximum Gasteiger partial charge on any atom is 0.174 e. The quantitative estimate of drug-likeness (QED) is 0.664. The number of carbonyl (C=O) groups excluding carboxylic acids is 1. The summed E-state index contributed by atoms with van der Waals surface area (Å²) in [6, 6.07) is 3.72. The molecule has 14 heavy (non-hydrogen) atoms. The molecule has 2 nitrogen and oxygen atoms in total. The molecule has 0 fully saturated rings. The normalized spacial score (nSPS) is 13.6. The number of ketones is 1. The van der Waals surface area contributed by atoms with E-state index in [1.165, 1.54) is 5.56 Å². The first kappa shape index (κ1) is 9.99. The average molecular weight is 275 g/mol. The van der Waals surface area contributed by atoms with Crippen LogP contribution in [0.3, 0.4) is 0 Å². The second-order valence-electron chi connectivity index (χ2n) is 3.22. The van der Waals surface area contributed by atoms with Crippen molar-refractivity contribution in [3.63, 3.8) is 0 Å². The van der Waals surface area contributed by atoms with E-state index in [0.29, 0.717) is 15.9 Å². The van der Waals surface area contributed by atoms with Crippen molar-refractivity contribution in [3.8, 4) is 0 Å². The van der Waals surface area contributed by atoms with E-state index >= 15 is 0 Å². The van der Waals surface area contributed by atoms with Gasteiger partial charge in [0.25, 0.3) is 0 Å². The number of benzene rings is 1. The molecule has 1 aliphatic heterocycles. The molecule has 0 bridgehead atoms. The molecule has 1 heterocycles. The number of hydrogen-bond acceptors (Lipinski definition) is 2. The molecule has 1 aromatic carbocycles. The molecule has 0 unspecified atom stereocenters. The van der Waals surface area contributed by atoms with E-state index in [2.05, 4.69) is 21.2 Å². The van der Waals surface area contributed by atoms with Crippen LogP contribution in [0.4, 0.5) is 5.69 Å². The summed E-state index contributed by atoms with van der Waals surface area (Å²) in [6.45, 7) is 0.928. The van der Waals surface area contributed by atoms with Gasteiger partial charge in [0.1, 0.15) is 0 Å². The van der Waals surface area contributed by atoms with Crippen molar-refractivity contribution in [2.45, 2.75) is 6.42 Å². The van der Waals surface area contributed by atoms with E-state index in [4.69, 9.17) is 11.6 Å². The number of alkyl halides is 1. The first-order valence-corrected chi connectivity index (χ1v) is 5.88. The van der Waals surface area contributed by atoms with Crippen molar-refractivity contribution in [2.75, 3.05) is 17.2 Å². The van der Waals surface area contributed by atoms with Crippen molar-refractivity contribution in [1.29, 1.82) is 0 Å². The van der Waals surface area contributed by atoms with Crippen LogP contribution in [0.2, 0.25) is 5.02 Å². The molecule has 4 heteroatoms. The second-order valence-corrected chi connectivity index (χ2v) is 4.19. The highest BCUT2D eigenvalue weighted by atomic mass is 79.9. The zero-order valence-corrected chi connectivity index (χ0v) is 9.78. The minimum atomic E-state index is 0.0321. The van der Waals surface area contributed by atoms with Crippen LogP contribution in [0.25, 0.3) is 0 Å². The Hall–Kier alpha value is -0.540. The van der Waals surface area contributed by atoms with Crippen LogP contribution >= 0.6 is 27.5 Å². The predicted molar refractivity (Wildman–Crippen MR) is 61.8 cm³/mol. The topological polar surface area (TPSA) is 29.1 Å². The molecule has 0 spiro atoms. The molecule has 0 saturated carbocycles. The smallest absolute Gasteiger partial charge is 0.174 e. The molecular weight excluding hydrogens is 265 g/mol. The minimum absolute atomic E-state index is 0.0321. The Morgan fingerprint density at radius 2 is 2.36 bits per heavy atom. The third-order valence-electron chi connectivity index (χ3n) is 2.32. The molecule has 0 aliphatic carbocycles. The fraction of sp³-hybridized carbons (Fsp3) is 0.300. The standard InChI is InChI=1S/C10H9BrClNO/c11-5-10(14)7-3-6-1-2-13-9(6)4-8(7)12/h3-4,13H,1-2,5H2. The Morgan fingerprint density at radius 3 is 3.07 bits per heavy atom. The molecule has 0 amide bonds. The first-order valence-electron chi connectivity index (χ1n) is 4.38. The summed E-state index contributed by atoms with van der Waals surface area (Å²) in [4.78, 5) is 11.5. The number of fused-ring (bicyclic) bond motifs is 1. The van der Waals surface area contributed by atoms with Gasteiger partial charge in [-0.25, -0.2) is 0 Å². The number of hydrogen-bond donors (Lipinski definition) is 1. The van der Waals surface area contributed by atoms with Crippen molar-refractivity contribution in [1.82, 2.24) is 0 Å². The molecule has 1 aliphatic rings. The highest BCUT2D eigenvalue weighted by molar-refractivity contribution is 9.09. The predicted octanol–water partition coefficient (Wildman–Crippen LogP) is 2.89. The highest BCUT2D eigenvalue weighted by Crippen LogP contribution is 2.29. The maximum absolute atomic E-state index is 11.5. The van der Waals surface area contributed by atoms with Crippen molar-refractivity contribution in [2.24, 2.45) is 0 Å². The van der Waals surface area contributed by atoms with E-state index in [1.807, 2.05) is 12.1 Å². The lowest BCUT2D eigenvalue weighted by Gasteiger charge is -2.05. The SMILES string of the molecule is O=C(CBr)c1cc2c(cc1Cl)NCC2. The molecule has 0 aromatic heterocycles. The Morgan fingerprint density at radius 1 is 1.57 bits per heavy atom. The monoisotopic (exact) mass is 273 g/mol. The van der Waals surface area contributed by atoms with Gasteiger partial charge in [0.05, 0.1) is 10.4 Å². The Labute approximate surface area is 95.8 Å². The van der Waals surface area contributed by atoms with Gasteiger partial charge in [0, 0.05) is 17.8 Å². The summed E-state index contributed by atoms with van der Waals surface area (Å²) in [6.07, 6.45) is 0.967. The van der Waals surface area contributed by atoms with Crippen molar-refractivity contribution >= 4 is 39.0 Å². The van der Waals surface area contributed by atoms with E-state index in [-0.39, 0.29) is 5.78 Å². The average Bonchev–Trinajstić information content (AvgIpc) is 2.62. The number of rotatable bonds is 2. The second kappa shape index (κ2) is 3.91. The van der Waals surface area contributed by atoms with Crippen LogP contribution < -0.4 is 5.32 Å².